The molecule has 0 aliphatic heterocycles. The van der Waals surface area contributed by atoms with Crippen LogP contribution in [-0.2, 0) is 5.75 Å². The molecule has 1 aromatic heterocycles. The van der Waals surface area contributed by atoms with Crippen molar-refractivity contribution in [2.24, 2.45) is 5.73 Å². The average molecular weight is 275 g/mol. The number of hydrogen-bond acceptors (Lipinski definition) is 5. The van der Waals surface area contributed by atoms with E-state index in [9.17, 15) is 0 Å². The highest BCUT2D eigenvalue weighted by Crippen LogP contribution is 2.32. The number of nitrogens with zero attached hydrogens (tertiary/aromatic N) is 2. The SMILES string of the molecule is NC1CCC(c2nc(CSc3ccccc3)no2)C1. The molecular formula is C14H17N3OS. The van der Waals surface area contributed by atoms with Crippen LogP contribution in [0.1, 0.15) is 36.9 Å². The van der Waals surface area contributed by atoms with Gasteiger partial charge in [0.25, 0.3) is 0 Å². The number of hydrogen-bond donors (Lipinski definition) is 1. The van der Waals surface area contributed by atoms with Crippen LogP contribution in [0.5, 0.6) is 0 Å². The lowest BCUT2D eigenvalue weighted by Gasteiger charge is -2.01. The first-order valence-electron chi connectivity index (χ1n) is 6.57. The van der Waals surface area contributed by atoms with E-state index in [1.807, 2.05) is 18.2 Å². The monoisotopic (exact) mass is 275 g/mol. The van der Waals surface area contributed by atoms with Crippen LogP contribution in [0.4, 0.5) is 0 Å². The van der Waals surface area contributed by atoms with Crippen LogP contribution in [-0.4, -0.2) is 16.2 Å². The molecule has 0 amide bonds. The molecule has 1 aromatic carbocycles. The Morgan fingerprint density at radius 2 is 2.11 bits per heavy atom. The van der Waals surface area contributed by atoms with Crippen LogP contribution in [0, 0.1) is 0 Å². The lowest BCUT2D eigenvalue weighted by molar-refractivity contribution is 0.350. The van der Waals surface area contributed by atoms with Crippen LogP contribution in [0.15, 0.2) is 39.8 Å². The molecule has 4 nitrogen and oxygen atoms in total. The second-order valence-corrected chi connectivity index (χ2v) is 5.97. The first kappa shape index (κ1) is 12.7. The molecule has 0 radical (unpaired) electrons. The second-order valence-electron chi connectivity index (χ2n) is 4.92. The fraction of sp³-hybridized carbons (Fsp3) is 0.429. The van der Waals surface area contributed by atoms with E-state index in [1.54, 1.807) is 11.8 Å². The molecule has 2 atom stereocenters. The van der Waals surface area contributed by atoms with Gasteiger partial charge in [0.1, 0.15) is 0 Å². The Kier molecular flexibility index (Phi) is 3.84. The first-order chi connectivity index (χ1) is 9.31. The van der Waals surface area contributed by atoms with Gasteiger partial charge in [-0.05, 0) is 31.4 Å². The van der Waals surface area contributed by atoms with Gasteiger partial charge < -0.3 is 10.3 Å². The summed E-state index contributed by atoms with van der Waals surface area (Å²) < 4.78 is 5.36. The van der Waals surface area contributed by atoms with Crippen molar-refractivity contribution in [2.45, 2.75) is 41.9 Å². The van der Waals surface area contributed by atoms with Crippen LogP contribution in [0.25, 0.3) is 0 Å². The minimum Gasteiger partial charge on any atom is -0.339 e. The van der Waals surface area contributed by atoms with E-state index < -0.39 is 0 Å². The summed E-state index contributed by atoms with van der Waals surface area (Å²) in [5, 5.41) is 4.05. The summed E-state index contributed by atoms with van der Waals surface area (Å²) in [5.41, 5.74) is 5.91. The quantitative estimate of drug-likeness (QED) is 0.869. The van der Waals surface area contributed by atoms with Gasteiger partial charge in [0, 0.05) is 16.9 Å². The van der Waals surface area contributed by atoms with E-state index in [-0.39, 0.29) is 0 Å². The van der Waals surface area contributed by atoms with Gasteiger partial charge in [-0.2, -0.15) is 4.98 Å². The minimum absolute atomic E-state index is 0.291. The maximum absolute atomic E-state index is 5.91. The maximum atomic E-state index is 5.91. The average Bonchev–Trinajstić information content (AvgIpc) is 3.06. The Bertz CT molecular complexity index is 528. The van der Waals surface area contributed by atoms with Gasteiger partial charge in [0.2, 0.25) is 5.89 Å². The van der Waals surface area contributed by atoms with Crippen LogP contribution >= 0.6 is 11.8 Å². The van der Waals surface area contributed by atoms with Crippen LogP contribution in [0.2, 0.25) is 0 Å². The summed E-state index contributed by atoms with van der Waals surface area (Å²) in [6.07, 6.45) is 3.09. The molecule has 0 bridgehead atoms. The molecule has 19 heavy (non-hydrogen) atoms. The van der Waals surface area contributed by atoms with Crippen LogP contribution in [0.3, 0.4) is 0 Å². The zero-order valence-electron chi connectivity index (χ0n) is 10.7. The Morgan fingerprint density at radius 3 is 2.84 bits per heavy atom. The van der Waals surface area contributed by atoms with Crippen molar-refractivity contribution in [3.05, 3.63) is 42.0 Å². The van der Waals surface area contributed by atoms with Gasteiger partial charge in [0.05, 0.1) is 5.75 Å². The lowest BCUT2D eigenvalue weighted by atomic mass is 10.1. The third kappa shape index (κ3) is 3.16. The Morgan fingerprint density at radius 1 is 1.26 bits per heavy atom. The van der Waals surface area contributed by atoms with E-state index >= 15 is 0 Å². The third-order valence-electron chi connectivity index (χ3n) is 3.42. The maximum Gasteiger partial charge on any atom is 0.229 e. The Labute approximate surface area is 116 Å². The first-order valence-corrected chi connectivity index (χ1v) is 7.56. The van der Waals surface area contributed by atoms with Gasteiger partial charge in [-0.15, -0.1) is 11.8 Å². The molecule has 1 saturated carbocycles. The van der Waals surface area contributed by atoms with E-state index in [0.717, 1.165) is 36.7 Å². The number of aromatic nitrogens is 2. The van der Waals surface area contributed by atoms with Crippen molar-refractivity contribution in [2.75, 3.05) is 0 Å². The van der Waals surface area contributed by atoms with Gasteiger partial charge >= 0.3 is 0 Å². The molecule has 1 fully saturated rings. The van der Waals surface area contributed by atoms with Gasteiger partial charge in [0.15, 0.2) is 5.82 Å². The highest BCUT2D eigenvalue weighted by Gasteiger charge is 2.27. The fourth-order valence-corrected chi connectivity index (χ4v) is 3.16. The van der Waals surface area contributed by atoms with Crippen molar-refractivity contribution in [3.8, 4) is 0 Å². The van der Waals surface area contributed by atoms with E-state index in [1.165, 1.54) is 4.90 Å². The molecule has 0 saturated heterocycles. The van der Waals surface area contributed by atoms with Gasteiger partial charge in [-0.25, -0.2) is 0 Å². The summed E-state index contributed by atoms with van der Waals surface area (Å²) in [7, 11) is 0. The van der Waals surface area contributed by atoms with E-state index in [4.69, 9.17) is 10.3 Å². The number of rotatable bonds is 4. The normalized spacial score (nSPS) is 22.8. The Balaban J connectivity index is 1.59. The Hall–Kier alpha value is -1.33. The molecule has 2 unspecified atom stereocenters. The fourth-order valence-electron chi connectivity index (χ4n) is 2.40. The zero-order chi connectivity index (χ0) is 13.1. The molecule has 1 aliphatic rings. The van der Waals surface area contributed by atoms with Crippen LogP contribution < -0.4 is 5.73 Å². The van der Waals surface area contributed by atoms with E-state index in [2.05, 4.69) is 22.3 Å². The molecule has 0 spiro atoms. The van der Waals surface area contributed by atoms with Crippen molar-refractivity contribution in [1.29, 1.82) is 0 Å². The van der Waals surface area contributed by atoms with Crippen molar-refractivity contribution in [3.63, 3.8) is 0 Å². The molecule has 3 rings (SSSR count). The predicted octanol–water partition coefficient (Wildman–Crippen LogP) is 2.96. The predicted molar refractivity (Wildman–Crippen MR) is 74.9 cm³/mol. The number of nitrogens with two attached hydrogens (primary N) is 1. The van der Waals surface area contributed by atoms with Crippen molar-refractivity contribution >= 4 is 11.8 Å². The highest BCUT2D eigenvalue weighted by atomic mass is 32.2. The molecule has 2 aromatic rings. The molecule has 5 heteroatoms. The van der Waals surface area contributed by atoms with E-state index in [0.29, 0.717) is 12.0 Å². The highest BCUT2D eigenvalue weighted by molar-refractivity contribution is 7.98. The molecule has 1 heterocycles. The standard InChI is InChI=1S/C14H17N3OS/c15-11-7-6-10(8-11)14-16-13(17-18-14)9-19-12-4-2-1-3-5-12/h1-5,10-11H,6-9,15H2. The zero-order valence-corrected chi connectivity index (χ0v) is 11.5. The topological polar surface area (TPSA) is 64.9 Å². The van der Waals surface area contributed by atoms with Crippen molar-refractivity contribution < 1.29 is 4.52 Å². The second kappa shape index (κ2) is 5.75. The lowest BCUT2D eigenvalue weighted by Crippen LogP contribution is -2.14. The third-order valence-corrected chi connectivity index (χ3v) is 4.43. The summed E-state index contributed by atoms with van der Waals surface area (Å²) >= 11 is 1.72. The smallest absolute Gasteiger partial charge is 0.229 e. The molecule has 100 valence electrons. The van der Waals surface area contributed by atoms with Gasteiger partial charge in [-0.3, -0.25) is 0 Å². The summed E-state index contributed by atoms with van der Waals surface area (Å²) in [5.74, 6) is 2.63. The van der Waals surface area contributed by atoms with Gasteiger partial charge in [-0.1, -0.05) is 23.4 Å². The summed E-state index contributed by atoms with van der Waals surface area (Å²) in [6, 6.07) is 10.5. The molecular weight excluding hydrogens is 258 g/mol. The van der Waals surface area contributed by atoms with Crippen molar-refractivity contribution in [1.82, 2.24) is 10.1 Å². The molecule has 1 aliphatic carbocycles. The largest absolute Gasteiger partial charge is 0.339 e. The minimum atomic E-state index is 0.291. The number of thioether (sulfide) groups is 1. The summed E-state index contributed by atoms with van der Waals surface area (Å²) in [4.78, 5) is 5.71. The number of benzene rings is 1. The summed E-state index contributed by atoms with van der Waals surface area (Å²) in [6.45, 7) is 0. The molecule has 2 N–H and O–H groups in total.